The minimum absolute atomic E-state index is 0.293. The quantitative estimate of drug-likeness (QED) is 0.717. The zero-order valence-corrected chi connectivity index (χ0v) is 18.9. The predicted octanol–water partition coefficient (Wildman–Crippen LogP) is 3.42. The van der Waals surface area contributed by atoms with Crippen LogP contribution in [-0.4, -0.2) is 56.0 Å². The third kappa shape index (κ3) is 5.43. The maximum Gasteiger partial charge on any atom is 0.257 e. The van der Waals surface area contributed by atoms with Crippen LogP contribution in [0.3, 0.4) is 0 Å². The number of nitrogens with one attached hydrogen (secondary N) is 2. The van der Waals surface area contributed by atoms with Crippen molar-refractivity contribution in [1.29, 1.82) is 0 Å². The molecule has 2 aromatic rings. The fourth-order valence-corrected chi connectivity index (χ4v) is 3.72. The molecule has 0 radical (unpaired) electrons. The third-order valence-corrected chi connectivity index (χ3v) is 5.76. The van der Waals surface area contributed by atoms with Gasteiger partial charge in [0.05, 0.1) is 0 Å². The van der Waals surface area contributed by atoms with Crippen LogP contribution in [0.25, 0.3) is 0 Å². The van der Waals surface area contributed by atoms with Crippen molar-refractivity contribution in [2.45, 2.75) is 26.8 Å². The molecule has 1 saturated heterocycles. The Morgan fingerprint density at radius 3 is 2.19 bits per heavy atom. The number of carbonyl (C=O) groups is 2. The number of hydrogen-bond donors (Lipinski definition) is 2. The van der Waals surface area contributed by atoms with Crippen molar-refractivity contribution in [1.82, 2.24) is 10.2 Å². The van der Waals surface area contributed by atoms with E-state index in [0.717, 1.165) is 49.6 Å². The topological polar surface area (TPSA) is 64.7 Å². The molecule has 0 saturated carbocycles. The van der Waals surface area contributed by atoms with E-state index in [0.29, 0.717) is 5.69 Å². The van der Waals surface area contributed by atoms with Gasteiger partial charge < -0.3 is 20.4 Å². The van der Waals surface area contributed by atoms with E-state index in [1.165, 1.54) is 6.07 Å². The van der Waals surface area contributed by atoms with Gasteiger partial charge in [-0.2, -0.15) is 0 Å². The van der Waals surface area contributed by atoms with Crippen LogP contribution < -0.4 is 15.5 Å². The van der Waals surface area contributed by atoms with Crippen LogP contribution in [0.1, 0.15) is 29.8 Å². The largest absolute Gasteiger partial charge is 0.369 e. The fourth-order valence-electron chi connectivity index (χ4n) is 3.72. The summed E-state index contributed by atoms with van der Waals surface area (Å²) >= 11 is 0. The van der Waals surface area contributed by atoms with Crippen molar-refractivity contribution in [2.75, 3.05) is 43.4 Å². The number of piperazine rings is 1. The Morgan fingerprint density at radius 2 is 1.62 bits per heavy atom. The first-order chi connectivity index (χ1) is 15.2. The molecule has 2 N–H and O–H groups in total. The van der Waals surface area contributed by atoms with Crippen molar-refractivity contribution < 1.29 is 18.4 Å². The molecular weight excluding hydrogens is 414 g/mol. The van der Waals surface area contributed by atoms with Gasteiger partial charge in [0.2, 0.25) is 5.91 Å². The smallest absolute Gasteiger partial charge is 0.257 e. The van der Waals surface area contributed by atoms with E-state index in [4.69, 9.17) is 0 Å². The molecule has 32 heavy (non-hydrogen) atoms. The van der Waals surface area contributed by atoms with Crippen LogP contribution in [-0.2, 0) is 4.79 Å². The summed E-state index contributed by atoms with van der Waals surface area (Å²) in [5.74, 6) is -3.64. The molecule has 1 aliphatic heterocycles. The second-order valence-corrected chi connectivity index (χ2v) is 8.57. The number of benzene rings is 2. The van der Waals surface area contributed by atoms with Crippen LogP contribution >= 0.6 is 0 Å². The number of carbonyl (C=O) groups excluding carboxylic acids is 2. The molecular formula is C24H30F2N4O2. The molecule has 1 fully saturated rings. The summed E-state index contributed by atoms with van der Waals surface area (Å²) in [6.45, 7) is 9.29. The van der Waals surface area contributed by atoms with Crippen LogP contribution in [0.4, 0.5) is 20.2 Å². The normalized spacial score (nSPS) is 15.5. The summed E-state index contributed by atoms with van der Waals surface area (Å²) in [5, 5.41) is 5.32. The molecule has 6 nitrogen and oxygen atoms in total. The van der Waals surface area contributed by atoms with E-state index >= 15 is 0 Å². The first-order valence-corrected chi connectivity index (χ1v) is 10.8. The van der Waals surface area contributed by atoms with Gasteiger partial charge in [-0.25, -0.2) is 8.78 Å². The Bertz CT molecular complexity index is 968. The van der Waals surface area contributed by atoms with Gasteiger partial charge in [-0.3, -0.25) is 9.59 Å². The molecule has 0 aliphatic carbocycles. The van der Waals surface area contributed by atoms with Gasteiger partial charge in [0.25, 0.3) is 5.91 Å². The molecule has 0 aromatic heterocycles. The van der Waals surface area contributed by atoms with Gasteiger partial charge in [0.15, 0.2) is 0 Å². The van der Waals surface area contributed by atoms with E-state index in [1.807, 2.05) is 25.1 Å². The van der Waals surface area contributed by atoms with Gasteiger partial charge in [0.1, 0.15) is 23.2 Å². The highest BCUT2D eigenvalue weighted by molar-refractivity contribution is 6.01. The first-order valence-electron chi connectivity index (χ1n) is 10.8. The summed E-state index contributed by atoms with van der Waals surface area (Å²) in [6, 6.07) is 8.07. The van der Waals surface area contributed by atoms with Crippen LogP contribution in [0.2, 0.25) is 0 Å². The second-order valence-electron chi connectivity index (χ2n) is 8.57. The highest BCUT2D eigenvalue weighted by Crippen LogP contribution is 2.24. The maximum absolute atomic E-state index is 14.0. The molecule has 3 rings (SSSR count). The molecule has 172 valence electrons. The third-order valence-electron chi connectivity index (χ3n) is 5.76. The minimum atomic E-state index is -0.972. The lowest BCUT2D eigenvalue weighted by Gasteiger charge is -2.34. The van der Waals surface area contributed by atoms with E-state index < -0.39 is 35.1 Å². The van der Waals surface area contributed by atoms with Crippen LogP contribution in [0.15, 0.2) is 36.4 Å². The van der Waals surface area contributed by atoms with Crippen LogP contribution in [0.5, 0.6) is 0 Å². The molecule has 2 amide bonds. The number of likely N-dealkylation sites (N-methyl/N-ethyl adjacent to an activating group) is 1. The number of rotatable bonds is 6. The second kappa shape index (κ2) is 10.1. The summed E-state index contributed by atoms with van der Waals surface area (Å²) in [4.78, 5) is 30.0. The van der Waals surface area contributed by atoms with E-state index in [1.54, 1.807) is 13.8 Å². The SMILES string of the molecule is Cc1cc(N2CCN(C)CC2)ccc1NC(=O)[C@H](NC(=O)c1c(F)cccc1F)C(C)C. The molecule has 8 heteroatoms. The molecule has 2 aromatic carbocycles. The number of halogens is 2. The Kier molecular flexibility index (Phi) is 7.45. The fraction of sp³-hybridized carbons (Fsp3) is 0.417. The Balaban J connectivity index is 1.71. The Hall–Kier alpha value is -3.00. The van der Waals surface area contributed by atoms with Gasteiger partial charge in [0, 0.05) is 37.6 Å². The zero-order chi connectivity index (χ0) is 23.4. The van der Waals surface area contributed by atoms with Crippen molar-refractivity contribution in [3.8, 4) is 0 Å². The average Bonchev–Trinajstić information content (AvgIpc) is 2.73. The zero-order valence-electron chi connectivity index (χ0n) is 18.9. The molecule has 0 bridgehead atoms. The average molecular weight is 445 g/mol. The Labute approximate surface area is 187 Å². The van der Waals surface area contributed by atoms with Gasteiger partial charge in [-0.05, 0) is 55.8 Å². The summed E-state index contributed by atoms with van der Waals surface area (Å²) in [5.41, 5.74) is 1.92. The molecule has 0 unspecified atom stereocenters. The number of amides is 2. The number of hydrogen-bond acceptors (Lipinski definition) is 4. The van der Waals surface area contributed by atoms with Crippen molar-refractivity contribution in [3.63, 3.8) is 0 Å². The number of aryl methyl sites for hydroxylation is 1. The number of nitrogens with zero attached hydrogens (tertiary/aromatic N) is 2. The van der Waals surface area contributed by atoms with E-state index in [-0.39, 0.29) is 5.92 Å². The van der Waals surface area contributed by atoms with Gasteiger partial charge in [-0.1, -0.05) is 19.9 Å². The van der Waals surface area contributed by atoms with E-state index in [2.05, 4.69) is 27.5 Å². The lowest BCUT2D eigenvalue weighted by molar-refractivity contribution is -0.118. The van der Waals surface area contributed by atoms with Crippen molar-refractivity contribution >= 4 is 23.2 Å². The minimum Gasteiger partial charge on any atom is -0.369 e. The monoisotopic (exact) mass is 444 g/mol. The molecule has 1 atom stereocenters. The van der Waals surface area contributed by atoms with Crippen molar-refractivity contribution in [3.05, 3.63) is 59.2 Å². The van der Waals surface area contributed by atoms with Crippen molar-refractivity contribution in [2.24, 2.45) is 5.92 Å². The highest BCUT2D eigenvalue weighted by Gasteiger charge is 2.27. The van der Waals surface area contributed by atoms with Gasteiger partial charge >= 0.3 is 0 Å². The molecule has 1 aliphatic rings. The van der Waals surface area contributed by atoms with Gasteiger partial charge in [-0.15, -0.1) is 0 Å². The summed E-state index contributed by atoms with van der Waals surface area (Å²) < 4.78 is 27.9. The molecule has 0 spiro atoms. The molecule has 1 heterocycles. The van der Waals surface area contributed by atoms with Crippen LogP contribution in [0, 0.1) is 24.5 Å². The summed E-state index contributed by atoms with van der Waals surface area (Å²) in [7, 11) is 2.10. The summed E-state index contributed by atoms with van der Waals surface area (Å²) in [6.07, 6.45) is 0. The Morgan fingerprint density at radius 1 is 1.00 bits per heavy atom. The lowest BCUT2D eigenvalue weighted by Crippen LogP contribution is -2.47. The predicted molar refractivity (Wildman–Crippen MR) is 122 cm³/mol. The maximum atomic E-state index is 14.0. The van der Waals surface area contributed by atoms with E-state index in [9.17, 15) is 18.4 Å². The highest BCUT2D eigenvalue weighted by atomic mass is 19.1. The lowest BCUT2D eigenvalue weighted by atomic mass is 10.0. The number of anilines is 2. The standard InChI is InChI=1S/C24H30F2N4O2/c1-15(2)22(28-23(31)21-18(25)6-5-7-19(21)26)24(32)27-20-9-8-17(14-16(20)3)30-12-10-29(4)11-13-30/h5-9,14-15,22H,10-13H2,1-4H3,(H,27,32)(H,28,31)/t22-/m1/s1. The first kappa shape index (κ1) is 23.7.